The molecule has 6 heteroatoms. The molecular weight excluding hydrogens is 318 g/mol. The van der Waals surface area contributed by atoms with Gasteiger partial charge in [0.15, 0.2) is 0 Å². The van der Waals surface area contributed by atoms with Crippen LogP contribution in [0.15, 0.2) is 24.3 Å². The number of hydrogen-bond acceptors (Lipinski definition) is 4. The molecule has 2 aliphatic rings. The molecule has 2 aliphatic heterocycles. The van der Waals surface area contributed by atoms with Gasteiger partial charge < -0.3 is 20.3 Å². The summed E-state index contributed by atoms with van der Waals surface area (Å²) in [5, 5.41) is 5.87. The van der Waals surface area contributed by atoms with Crippen molar-refractivity contribution in [2.75, 3.05) is 38.6 Å². The van der Waals surface area contributed by atoms with Crippen LogP contribution < -0.4 is 10.6 Å². The average Bonchev–Trinajstić information content (AvgIpc) is 3.13. The molecule has 3 rings (SSSR count). The molecule has 0 saturated carbocycles. The van der Waals surface area contributed by atoms with Gasteiger partial charge in [-0.25, -0.2) is 0 Å². The molecule has 0 radical (unpaired) electrons. The third-order valence-electron chi connectivity index (χ3n) is 4.94. The maximum absolute atomic E-state index is 12.6. The van der Waals surface area contributed by atoms with Gasteiger partial charge in [0.1, 0.15) is 0 Å². The molecule has 136 valence electrons. The van der Waals surface area contributed by atoms with Crippen LogP contribution in [0, 0.1) is 5.92 Å². The van der Waals surface area contributed by atoms with E-state index in [1.54, 1.807) is 12.1 Å². The van der Waals surface area contributed by atoms with Gasteiger partial charge >= 0.3 is 0 Å². The summed E-state index contributed by atoms with van der Waals surface area (Å²) in [6.45, 7) is 3.07. The Labute approximate surface area is 148 Å². The number of nitrogens with zero attached hydrogens (tertiary/aromatic N) is 1. The summed E-state index contributed by atoms with van der Waals surface area (Å²) in [6, 6.07) is 7.17. The number of hydrogen-bond donors (Lipinski definition) is 2. The number of para-hydroxylation sites is 1. The lowest BCUT2D eigenvalue weighted by Crippen LogP contribution is -2.39. The van der Waals surface area contributed by atoms with Crippen LogP contribution in [-0.2, 0) is 9.53 Å². The first-order valence-corrected chi connectivity index (χ1v) is 9.11. The zero-order valence-electron chi connectivity index (χ0n) is 14.8. The Morgan fingerprint density at radius 2 is 2.08 bits per heavy atom. The molecule has 25 heavy (non-hydrogen) atoms. The van der Waals surface area contributed by atoms with Gasteiger partial charge in [-0.15, -0.1) is 0 Å². The Bertz CT molecular complexity index is 614. The molecule has 0 aliphatic carbocycles. The van der Waals surface area contributed by atoms with E-state index >= 15 is 0 Å². The third kappa shape index (κ3) is 4.80. The van der Waals surface area contributed by atoms with Crippen LogP contribution >= 0.6 is 0 Å². The lowest BCUT2D eigenvalue weighted by atomic mass is 9.97. The second kappa shape index (κ2) is 8.45. The van der Waals surface area contributed by atoms with E-state index in [1.807, 2.05) is 19.2 Å². The number of benzene rings is 1. The number of piperidine rings is 1. The Balaban J connectivity index is 1.61. The van der Waals surface area contributed by atoms with Crippen molar-refractivity contribution in [3.8, 4) is 0 Å². The zero-order valence-corrected chi connectivity index (χ0v) is 14.8. The van der Waals surface area contributed by atoms with Crippen molar-refractivity contribution in [2.45, 2.75) is 31.8 Å². The van der Waals surface area contributed by atoms with E-state index in [4.69, 9.17) is 4.74 Å². The fourth-order valence-electron chi connectivity index (χ4n) is 3.51. The van der Waals surface area contributed by atoms with E-state index in [9.17, 15) is 9.59 Å². The van der Waals surface area contributed by atoms with Crippen molar-refractivity contribution in [3.63, 3.8) is 0 Å². The van der Waals surface area contributed by atoms with Crippen LogP contribution in [0.25, 0.3) is 0 Å². The quantitative estimate of drug-likeness (QED) is 0.855. The highest BCUT2D eigenvalue weighted by Crippen LogP contribution is 2.20. The van der Waals surface area contributed by atoms with Crippen molar-refractivity contribution in [2.24, 2.45) is 5.92 Å². The number of amides is 2. The predicted molar refractivity (Wildman–Crippen MR) is 96.6 cm³/mol. The van der Waals surface area contributed by atoms with Crippen LogP contribution in [0.4, 0.5) is 5.69 Å². The lowest BCUT2D eigenvalue weighted by molar-refractivity contribution is -0.121. The molecule has 0 unspecified atom stereocenters. The molecule has 1 aromatic rings. The van der Waals surface area contributed by atoms with Crippen LogP contribution in [0.3, 0.4) is 0 Å². The minimum absolute atomic E-state index is 0.00840. The van der Waals surface area contributed by atoms with Gasteiger partial charge in [-0.1, -0.05) is 12.1 Å². The number of anilines is 1. The largest absolute Gasteiger partial charge is 0.376 e. The van der Waals surface area contributed by atoms with Gasteiger partial charge in [0.25, 0.3) is 5.91 Å². The zero-order chi connectivity index (χ0) is 17.6. The Hall–Kier alpha value is -1.92. The Kier molecular flexibility index (Phi) is 6.04. The number of nitrogens with one attached hydrogen (secondary N) is 2. The molecule has 2 fully saturated rings. The minimum atomic E-state index is -0.174. The number of likely N-dealkylation sites (tertiary alicyclic amines) is 1. The van der Waals surface area contributed by atoms with Crippen molar-refractivity contribution in [1.29, 1.82) is 0 Å². The number of ether oxygens (including phenoxy) is 1. The summed E-state index contributed by atoms with van der Waals surface area (Å²) in [5.41, 5.74) is 1.07. The smallest absolute Gasteiger partial charge is 0.253 e. The van der Waals surface area contributed by atoms with Gasteiger partial charge in [-0.05, 0) is 51.4 Å². The normalized spacial score (nSPS) is 24.0. The maximum atomic E-state index is 12.6. The van der Waals surface area contributed by atoms with E-state index in [0.29, 0.717) is 17.8 Å². The monoisotopic (exact) mass is 345 g/mol. The third-order valence-corrected chi connectivity index (χ3v) is 4.94. The standard InChI is InChI=1S/C19H27N3O3/c1-22-10-4-6-14(13-22)18(23)21-17-9-3-2-8-16(17)19(24)20-12-15-7-5-11-25-15/h2-3,8-9,14-15H,4-7,10-13H2,1H3,(H,20,24)(H,21,23)/t14-,15+/m1/s1. The van der Waals surface area contributed by atoms with E-state index in [1.165, 1.54) is 0 Å². The predicted octanol–water partition coefficient (Wildman–Crippen LogP) is 1.88. The van der Waals surface area contributed by atoms with Gasteiger partial charge in [-0.3, -0.25) is 9.59 Å². The summed E-state index contributed by atoms with van der Waals surface area (Å²) in [5.74, 6) is -0.208. The average molecular weight is 345 g/mol. The fraction of sp³-hybridized carbons (Fsp3) is 0.579. The molecule has 2 atom stereocenters. The summed E-state index contributed by atoms with van der Waals surface area (Å²) >= 11 is 0. The molecule has 2 saturated heterocycles. The number of rotatable bonds is 5. The Morgan fingerprint density at radius 3 is 2.84 bits per heavy atom. The second-order valence-electron chi connectivity index (χ2n) is 6.98. The van der Waals surface area contributed by atoms with Crippen molar-refractivity contribution in [3.05, 3.63) is 29.8 Å². The van der Waals surface area contributed by atoms with E-state index < -0.39 is 0 Å². The first kappa shape index (κ1) is 17.9. The maximum Gasteiger partial charge on any atom is 0.253 e. The highest BCUT2D eigenvalue weighted by Gasteiger charge is 2.25. The van der Waals surface area contributed by atoms with Crippen LogP contribution in [0.1, 0.15) is 36.0 Å². The topological polar surface area (TPSA) is 70.7 Å². The van der Waals surface area contributed by atoms with Crippen molar-refractivity contribution in [1.82, 2.24) is 10.2 Å². The first-order valence-electron chi connectivity index (χ1n) is 9.11. The molecule has 0 bridgehead atoms. The molecule has 2 amide bonds. The molecule has 2 N–H and O–H groups in total. The van der Waals surface area contributed by atoms with Crippen LogP contribution in [-0.4, -0.2) is 56.1 Å². The SMILES string of the molecule is CN1CCC[C@@H](C(=O)Nc2ccccc2C(=O)NC[C@@H]2CCCO2)C1. The molecule has 0 spiro atoms. The summed E-state index contributed by atoms with van der Waals surface area (Å²) in [7, 11) is 2.03. The summed E-state index contributed by atoms with van der Waals surface area (Å²) < 4.78 is 5.53. The van der Waals surface area contributed by atoms with Gasteiger partial charge in [0.05, 0.1) is 23.3 Å². The van der Waals surface area contributed by atoms with Crippen molar-refractivity contribution >= 4 is 17.5 Å². The first-order chi connectivity index (χ1) is 12.1. The molecule has 0 aromatic heterocycles. The minimum Gasteiger partial charge on any atom is -0.376 e. The van der Waals surface area contributed by atoms with Gasteiger partial charge in [0, 0.05) is 19.7 Å². The number of carbonyl (C=O) groups is 2. The molecule has 6 nitrogen and oxygen atoms in total. The fourth-order valence-corrected chi connectivity index (χ4v) is 3.51. The highest BCUT2D eigenvalue weighted by molar-refractivity contribution is 6.04. The van der Waals surface area contributed by atoms with Crippen molar-refractivity contribution < 1.29 is 14.3 Å². The highest BCUT2D eigenvalue weighted by atomic mass is 16.5. The van der Waals surface area contributed by atoms with E-state index in [-0.39, 0.29) is 23.8 Å². The lowest BCUT2D eigenvalue weighted by Gasteiger charge is -2.28. The van der Waals surface area contributed by atoms with Crippen LogP contribution in [0.5, 0.6) is 0 Å². The molecule has 2 heterocycles. The van der Waals surface area contributed by atoms with E-state index in [2.05, 4.69) is 15.5 Å². The van der Waals surface area contributed by atoms with Crippen LogP contribution in [0.2, 0.25) is 0 Å². The summed E-state index contributed by atoms with van der Waals surface area (Å²) in [4.78, 5) is 27.2. The summed E-state index contributed by atoms with van der Waals surface area (Å²) in [6.07, 6.45) is 4.04. The van der Waals surface area contributed by atoms with Gasteiger partial charge in [-0.2, -0.15) is 0 Å². The second-order valence-corrected chi connectivity index (χ2v) is 6.98. The molecule has 1 aromatic carbocycles. The molecular formula is C19H27N3O3. The van der Waals surface area contributed by atoms with E-state index in [0.717, 1.165) is 45.4 Å². The number of carbonyl (C=O) groups excluding carboxylic acids is 2. The Morgan fingerprint density at radius 1 is 1.24 bits per heavy atom. The van der Waals surface area contributed by atoms with Gasteiger partial charge in [0.2, 0.25) is 5.91 Å².